The molecular weight excluding hydrogens is 381 g/mol. The van der Waals surface area contributed by atoms with E-state index in [2.05, 4.69) is 66.7 Å². The van der Waals surface area contributed by atoms with Gasteiger partial charge in [0.2, 0.25) is 0 Å². The molecule has 4 rings (SSSR count). The molecular formula is C29H38FN. The number of hydrogen-bond donors (Lipinski definition) is 0. The third kappa shape index (κ3) is 4.14. The maximum absolute atomic E-state index is 14.9. The molecule has 166 valence electrons. The smallest absolute Gasteiger partial charge is 0.134 e. The lowest BCUT2D eigenvalue weighted by atomic mass is 9.62. The van der Waals surface area contributed by atoms with E-state index >= 15 is 0 Å². The molecule has 0 saturated carbocycles. The van der Waals surface area contributed by atoms with Crippen LogP contribution in [0.25, 0.3) is 16.3 Å². The van der Waals surface area contributed by atoms with Crippen LogP contribution in [0.4, 0.5) is 4.39 Å². The van der Waals surface area contributed by atoms with Gasteiger partial charge in [-0.25, -0.2) is 4.39 Å². The largest absolute Gasteiger partial charge is 0.256 e. The summed E-state index contributed by atoms with van der Waals surface area (Å²) in [4.78, 5) is 4.78. The Labute approximate surface area is 188 Å². The Balaban J connectivity index is 0.000000491. The molecule has 0 spiro atoms. The Morgan fingerprint density at radius 2 is 1.94 bits per heavy atom. The summed E-state index contributed by atoms with van der Waals surface area (Å²) in [7, 11) is 0. The summed E-state index contributed by atoms with van der Waals surface area (Å²) in [5, 5.41) is 1.72. The van der Waals surface area contributed by atoms with Gasteiger partial charge in [0.25, 0.3) is 0 Å². The molecule has 0 bridgehead atoms. The van der Waals surface area contributed by atoms with Crippen molar-refractivity contribution in [1.82, 2.24) is 4.98 Å². The topological polar surface area (TPSA) is 12.9 Å². The van der Waals surface area contributed by atoms with Gasteiger partial charge < -0.3 is 0 Å². The second-order valence-electron chi connectivity index (χ2n) is 9.98. The molecule has 0 fully saturated rings. The van der Waals surface area contributed by atoms with E-state index in [1.54, 1.807) is 6.20 Å². The first kappa shape index (κ1) is 23.4. The van der Waals surface area contributed by atoms with E-state index in [9.17, 15) is 4.39 Å². The Morgan fingerprint density at radius 1 is 1.26 bits per heavy atom. The van der Waals surface area contributed by atoms with Crippen molar-refractivity contribution in [3.05, 3.63) is 70.3 Å². The van der Waals surface area contributed by atoms with Crippen molar-refractivity contribution in [1.29, 1.82) is 0 Å². The highest BCUT2D eigenvalue weighted by Gasteiger charge is 2.40. The second-order valence-corrected chi connectivity index (χ2v) is 9.98. The number of allylic oxidation sites excluding steroid dienone is 6. The Hall–Kier alpha value is -2.22. The highest BCUT2D eigenvalue weighted by atomic mass is 19.1. The van der Waals surface area contributed by atoms with Crippen LogP contribution < -0.4 is 0 Å². The highest BCUT2D eigenvalue weighted by molar-refractivity contribution is 6.01. The number of hydrogen-bond acceptors (Lipinski definition) is 1. The molecule has 1 unspecified atom stereocenters. The number of halogens is 1. The van der Waals surface area contributed by atoms with Crippen LogP contribution in [-0.2, 0) is 5.41 Å². The molecule has 1 aromatic heterocycles. The van der Waals surface area contributed by atoms with Crippen molar-refractivity contribution in [2.75, 3.05) is 0 Å². The number of aromatic nitrogens is 1. The lowest BCUT2D eigenvalue weighted by Gasteiger charge is -2.41. The third-order valence-corrected chi connectivity index (χ3v) is 6.97. The van der Waals surface area contributed by atoms with Crippen molar-refractivity contribution in [2.45, 2.75) is 80.1 Å². The van der Waals surface area contributed by atoms with Crippen LogP contribution >= 0.6 is 0 Å². The predicted molar refractivity (Wildman–Crippen MR) is 133 cm³/mol. The van der Waals surface area contributed by atoms with Crippen molar-refractivity contribution >= 4 is 16.3 Å². The number of fused-ring (bicyclic) bond motifs is 1. The minimum absolute atomic E-state index is 0.111. The van der Waals surface area contributed by atoms with Gasteiger partial charge in [0.05, 0.1) is 5.69 Å². The van der Waals surface area contributed by atoms with Gasteiger partial charge in [-0.15, -0.1) is 0 Å². The molecule has 1 atom stereocenters. The lowest BCUT2D eigenvalue weighted by molar-refractivity contribution is 0.587. The minimum atomic E-state index is -0.155. The van der Waals surface area contributed by atoms with Gasteiger partial charge in [0.1, 0.15) is 5.82 Å². The number of benzene rings is 1. The molecule has 0 amide bonds. The zero-order valence-electron chi connectivity index (χ0n) is 20.6. The van der Waals surface area contributed by atoms with Gasteiger partial charge in [-0.2, -0.15) is 0 Å². The van der Waals surface area contributed by atoms with Crippen LogP contribution in [0.3, 0.4) is 0 Å². The predicted octanol–water partition coefficient (Wildman–Crippen LogP) is 8.71. The quantitative estimate of drug-likeness (QED) is 0.453. The molecule has 1 heterocycles. The number of pyridine rings is 1. The zero-order valence-corrected chi connectivity index (χ0v) is 20.6. The van der Waals surface area contributed by atoms with Crippen LogP contribution in [0.5, 0.6) is 0 Å². The fourth-order valence-electron chi connectivity index (χ4n) is 4.92. The molecule has 2 heteroatoms. The first-order chi connectivity index (χ1) is 14.6. The van der Waals surface area contributed by atoms with Gasteiger partial charge in [0.15, 0.2) is 0 Å². The first-order valence-corrected chi connectivity index (χ1v) is 11.8. The van der Waals surface area contributed by atoms with Gasteiger partial charge in [-0.05, 0) is 73.8 Å². The van der Waals surface area contributed by atoms with E-state index in [0.717, 1.165) is 29.8 Å². The second kappa shape index (κ2) is 9.10. The zero-order chi connectivity index (χ0) is 22.9. The van der Waals surface area contributed by atoms with Gasteiger partial charge in [-0.3, -0.25) is 4.98 Å². The van der Waals surface area contributed by atoms with Gasteiger partial charge >= 0.3 is 0 Å². The number of rotatable bonds is 3. The van der Waals surface area contributed by atoms with Crippen molar-refractivity contribution in [2.24, 2.45) is 11.8 Å². The molecule has 2 aliphatic carbocycles. The van der Waals surface area contributed by atoms with Crippen LogP contribution in [0, 0.1) is 24.6 Å². The molecule has 2 aromatic rings. The van der Waals surface area contributed by atoms with Crippen molar-refractivity contribution in [3.8, 4) is 0 Å². The normalized spacial score (nSPS) is 19.4. The maximum atomic E-state index is 14.9. The van der Waals surface area contributed by atoms with Gasteiger partial charge in [-0.1, -0.05) is 70.9 Å². The fourth-order valence-corrected chi connectivity index (χ4v) is 4.92. The molecule has 31 heavy (non-hydrogen) atoms. The van der Waals surface area contributed by atoms with Crippen LogP contribution in [-0.4, -0.2) is 4.98 Å². The first-order valence-electron chi connectivity index (χ1n) is 11.8. The molecule has 0 N–H and O–H groups in total. The standard InChI is InChI=1S/C24H26FN.C5H12/c1-6-7-8-16-10-9-14(2)21-19(16)23-20-17(11-12-26-23)22(25)15(3)13-18(20)24(21,4)5;1-4-5(2)3/h6-7,9,11-13,16H,8,10H2,1-5H3;5H,4H2,1-3H3. The molecule has 0 radical (unpaired) electrons. The summed E-state index contributed by atoms with van der Waals surface area (Å²) in [5.74, 6) is 1.18. The van der Waals surface area contributed by atoms with Crippen LogP contribution in [0.15, 0.2) is 47.7 Å². The summed E-state index contributed by atoms with van der Waals surface area (Å²) >= 11 is 0. The lowest BCUT2D eigenvalue weighted by Crippen LogP contribution is -2.30. The SMILES string of the molecule is CC=CCC1CC=C(C)C2=C1c1nccc3c(F)c(C)cc(c13)C2(C)C.CCC(C)C. The Kier molecular flexibility index (Phi) is 6.88. The summed E-state index contributed by atoms with van der Waals surface area (Å²) in [6.45, 7) is 17.3. The van der Waals surface area contributed by atoms with E-state index in [0.29, 0.717) is 16.9 Å². The summed E-state index contributed by atoms with van der Waals surface area (Å²) < 4.78 is 14.9. The average Bonchev–Trinajstić information content (AvgIpc) is 2.74. The minimum Gasteiger partial charge on any atom is -0.256 e. The molecule has 2 aliphatic rings. The van der Waals surface area contributed by atoms with Gasteiger partial charge in [0, 0.05) is 22.4 Å². The van der Waals surface area contributed by atoms with Crippen LogP contribution in [0.2, 0.25) is 0 Å². The van der Waals surface area contributed by atoms with Crippen molar-refractivity contribution in [3.63, 3.8) is 0 Å². The summed E-state index contributed by atoms with van der Waals surface area (Å²) in [5.41, 5.74) is 6.81. The molecule has 1 aromatic carbocycles. The fraction of sp³-hybridized carbons (Fsp3) is 0.483. The van der Waals surface area contributed by atoms with Crippen molar-refractivity contribution < 1.29 is 4.39 Å². The number of nitrogens with zero attached hydrogens (tertiary/aromatic N) is 1. The maximum Gasteiger partial charge on any atom is 0.134 e. The van der Waals surface area contributed by atoms with E-state index in [-0.39, 0.29) is 11.2 Å². The van der Waals surface area contributed by atoms with Crippen LogP contribution in [0.1, 0.15) is 84.5 Å². The molecule has 0 saturated heterocycles. The van der Waals surface area contributed by atoms with E-state index in [1.807, 2.05) is 19.1 Å². The monoisotopic (exact) mass is 419 g/mol. The van der Waals surface area contributed by atoms with E-state index in [1.165, 1.54) is 28.7 Å². The third-order valence-electron chi connectivity index (χ3n) is 6.97. The summed E-state index contributed by atoms with van der Waals surface area (Å²) in [6.07, 6.45) is 11.8. The van der Waals surface area contributed by atoms with E-state index in [4.69, 9.17) is 4.98 Å². The molecule has 0 aliphatic heterocycles. The summed E-state index contributed by atoms with van der Waals surface area (Å²) in [6, 6.07) is 3.87. The van der Waals surface area contributed by atoms with E-state index < -0.39 is 0 Å². The highest BCUT2D eigenvalue weighted by Crippen LogP contribution is 2.53. The molecule has 1 nitrogen and oxygen atoms in total. The Morgan fingerprint density at radius 3 is 2.55 bits per heavy atom. The number of aryl methyl sites for hydroxylation is 1. The average molecular weight is 420 g/mol. The Bertz CT molecular complexity index is 1060.